The molecule has 3 aliphatic carbocycles. The van der Waals surface area contributed by atoms with Crippen LogP contribution in [-0.2, 0) is 0 Å². The first-order valence-corrected chi connectivity index (χ1v) is 12.3. The summed E-state index contributed by atoms with van der Waals surface area (Å²) in [7, 11) is 0. The number of aliphatic hydroxyl groups excluding tert-OH is 2. The summed E-state index contributed by atoms with van der Waals surface area (Å²) in [5, 5.41) is 20.2. The minimum atomic E-state index is -0.605. The van der Waals surface area contributed by atoms with Crippen LogP contribution in [0.15, 0.2) is 47.6 Å². The Kier molecular flexibility index (Phi) is 7.51. The van der Waals surface area contributed by atoms with Gasteiger partial charge in [-0.3, -0.25) is 0 Å². The van der Waals surface area contributed by atoms with Crippen LogP contribution in [0.4, 0.5) is 0 Å². The molecule has 0 saturated heterocycles. The molecule has 0 aromatic carbocycles. The first kappa shape index (κ1) is 23.5. The van der Waals surface area contributed by atoms with E-state index in [1.54, 1.807) is 5.57 Å². The summed E-state index contributed by atoms with van der Waals surface area (Å²) in [6.45, 7) is 16.0. The number of hydrogen-bond acceptors (Lipinski definition) is 2. The van der Waals surface area contributed by atoms with Crippen LogP contribution in [0.3, 0.4) is 0 Å². The van der Waals surface area contributed by atoms with E-state index in [2.05, 4.69) is 65.5 Å². The van der Waals surface area contributed by atoms with Gasteiger partial charge in [0.2, 0.25) is 0 Å². The SMILES string of the molecule is C=C1/C(=C/C=C2\CCC[C@]3(C)[C@@H]([C@H](C)C=C[C@H](C)C(C)C)CC[C@@H]23)C[C@@H](O)C[C@@H]1O. The van der Waals surface area contributed by atoms with Crippen LogP contribution in [0.2, 0.25) is 0 Å². The minimum absolute atomic E-state index is 0.385. The third-order valence-electron chi connectivity index (χ3n) is 8.71. The van der Waals surface area contributed by atoms with Gasteiger partial charge in [0.1, 0.15) is 0 Å². The summed E-state index contributed by atoms with van der Waals surface area (Å²) in [4.78, 5) is 0. The van der Waals surface area contributed by atoms with Crippen molar-refractivity contribution in [3.05, 3.63) is 47.6 Å². The summed E-state index contributed by atoms with van der Waals surface area (Å²) in [6, 6.07) is 0. The monoisotopic (exact) mass is 412 g/mol. The van der Waals surface area contributed by atoms with Gasteiger partial charge in [-0.05, 0) is 84.7 Å². The van der Waals surface area contributed by atoms with Gasteiger partial charge in [0, 0.05) is 6.42 Å². The first-order chi connectivity index (χ1) is 14.1. The molecular formula is C28H44O2. The lowest BCUT2D eigenvalue weighted by Gasteiger charge is -2.44. The lowest BCUT2D eigenvalue weighted by atomic mass is 9.61. The molecule has 0 spiro atoms. The second-order valence-electron chi connectivity index (χ2n) is 11.0. The molecule has 2 heteroatoms. The Labute approximate surface area is 184 Å². The van der Waals surface area contributed by atoms with E-state index in [4.69, 9.17) is 0 Å². The van der Waals surface area contributed by atoms with E-state index in [-0.39, 0.29) is 0 Å². The lowest BCUT2D eigenvalue weighted by Crippen LogP contribution is -2.35. The summed E-state index contributed by atoms with van der Waals surface area (Å²) >= 11 is 0. The molecule has 0 unspecified atom stereocenters. The molecular weight excluding hydrogens is 368 g/mol. The van der Waals surface area contributed by atoms with Gasteiger partial charge < -0.3 is 10.2 Å². The van der Waals surface area contributed by atoms with Crippen LogP contribution in [0.25, 0.3) is 0 Å². The molecule has 2 nitrogen and oxygen atoms in total. The largest absolute Gasteiger partial charge is 0.393 e. The van der Waals surface area contributed by atoms with Gasteiger partial charge in [-0.2, -0.15) is 0 Å². The Morgan fingerprint density at radius 3 is 2.50 bits per heavy atom. The second-order valence-corrected chi connectivity index (χ2v) is 11.0. The molecule has 0 radical (unpaired) electrons. The summed E-state index contributed by atoms with van der Waals surface area (Å²) in [5.41, 5.74) is 3.77. The van der Waals surface area contributed by atoms with Gasteiger partial charge in [0.05, 0.1) is 12.2 Å². The van der Waals surface area contributed by atoms with Crippen LogP contribution in [0, 0.1) is 35.0 Å². The molecule has 0 amide bonds. The van der Waals surface area contributed by atoms with Crippen molar-refractivity contribution in [1.29, 1.82) is 0 Å². The van der Waals surface area contributed by atoms with E-state index in [0.717, 1.165) is 17.1 Å². The van der Waals surface area contributed by atoms with Gasteiger partial charge in [-0.25, -0.2) is 0 Å². The zero-order chi connectivity index (χ0) is 22.1. The fraction of sp³-hybridized carbons (Fsp3) is 0.714. The molecule has 0 aliphatic heterocycles. The Balaban J connectivity index is 1.76. The molecule has 0 bridgehead atoms. The fourth-order valence-electron chi connectivity index (χ4n) is 6.32. The predicted octanol–water partition coefficient (Wildman–Crippen LogP) is 6.61. The van der Waals surface area contributed by atoms with Crippen molar-refractivity contribution in [3.8, 4) is 0 Å². The fourth-order valence-corrected chi connectivity index (χ4v) is 6.32. The van der Waals surface area contributed by atoms with Crippen molar-refractivity contribution >= 4 is 0 Å². The van der Waals surface area contributed by atoms with Crippen molar-refractivity contribution in [2.24, 2.45) is 35.0 Å². The quantitative estimate of drug-likeness (QED) is 0.499. The lowest BCUT2D eigenvalue weighted by molar-refractivity contribution is 0.0862. The highest BCUT2D eigenvalue weighted by Gasteiger charge is 2.50. The Hall–Kier alpha value is -1.12. The third-order valence-corrected chi connectivity index (χ3v) is 8.71. The molecule has 2 N–H and O–H groups in total. The highest BCUT2D eigenvalue weighted by Crippen LogP contribution is 2.59. The Morgan fingerprint density at radius 1 is 1.07 bits per heavy atom. The molecule has 0 heterocycles. The van der Waals surface area contributed by atoms with Gasteiger partial charge in [0.25, 0.3) is 0 Å². The van der Waals surface area contributed by atoms with Gasteiger partial charge >= 0.3 is 0 Å². The maximum Gasteiger partial charge on any atom is 0.0811 e. The second kappa shape index (κ2) is 9.57. The zero-order valence-electron chi connectivity index (χ0n) is 19.9. The van der Waals surface area contributed by atoms with Gasteiger partial charge in [-0.15, -0.1) is 0 Å². The summed E-state index contributed by atoms with van der Waals surface area (Å²) < 4.78 is 0. The molecule has 3 fully saturated rings. The van der Waals surface area contributed by atoms with E-state index >= 15 is 0 Å². The summed E-state index contributed by atoms with van der Waals surface area (Å²) in [6.07, 6.45) is 15.8. The molecule has 30 heavy (non-hydrogen) atoms. The van der Waals surface area contributed by atoms with E-state index in [1.807, 2.05) is 0 Å². The molecule has 3 rings (SSSR count). The Bertz CT molecular complexity index is 712. The number of hydrogen-bond donors (Lipinski definition) is 2. The molecule has 3 aliphatic rings. The molecule has 168 valence electrons. The molecule has 7 atom stereocenters. The van der Waals surface area contributed by atoms with Crippen LogP contribution < -0.4 is 0 Å². The van der Waals surface area contributed by atoms with Crippen LogP contribution in [0.1, 0.15) is 79.6 Å². The number of allylic oxidation sites excluding steroid dienone is 5. The average molecular weight is 413 g/mol. The molecule has 3 saturated carbocycles. The maximum atomic E-state index is 10.1. The first-order valence-electron chi connectivity index (χ1n) is 12.3. The van der Waals surface area contributed by atoms with E-state index in [9.17, 15) is 10.2 Å². The molecule has 0 aromatic rings. The van der Waals surface area contributed by atoms with Crippen molar-refractivity contribution in [2.75, 3.05) is 0 Å². The van der Waals surface area contributed by atoms with E-state index in [1.165, 1.54) is 32.1 Å². The van der Waals surface area contributed by atoms with Crippen molar-refractivity contribution in [2.45, 2.75) is 91.8 Å². The van der Waals surface area contributed by atoms with E-state index in [0.29, 0.717) is 41.9 Å². The Morgan fingerprint density at radius 2 is 1.80 bits per heavy atom. The van der Waals surface area contributed by atoms with E-state index < -0.39 is 12.2 Å². The number of rotatable bonds is 5. The van der Waals surface area contributed by atoms with Crippen molar-refractivity contribution in [3.63, 3.8) is 0 Å². The zero-order valence-corrected chi connectivity index (χ0v) is 19.9. The highest BCUT2D eigenvalue weighted by molar-refractivity contribution is 5.38. The van der Waals surface area contributed by atoms with Crippen molar-refractivity contribution in [1.82, 2.24) is 0 Å². The summed E-state index contributed by atoms with van der Waals surface area (Å²) in [5.74, 6) is 3.38. The number of fused-ring (bicyclic) bond motifs is 1. The third kappa shape index (κ3) is 4.86. The van der Waals surface area contributed by atoms with Crippen LogP contribution >= 0.6 is 0 Å². The van der Waals surface area contributed by atoms with Gasteiger partial charge in [0.15, 0.2) is 0 Å². The smallest absolute Gasteiger partial charge is 0.0811 e. The average Bonchev–Trinajstić information content (AvgIpc) is 3.04. The van der Waals surface area contributed by atoms with Crippen LogP contribution in [0.5, 0.6) is 0 Å². The topological polar surface area (TPSA) is 40.5 Å². The maximum absolute atomic E-state index is 10.1. The minimum Gasteiger partial charge on any atom is -0.393 e. The van der Waals surface area contributed by atoms with Crippen LogP contribution in [-0.4, -0.2) is 22.4 Å². The number of aliphatic hydroxyl groups is 2. The van der Waals surface area contributed by atoms with Gasteiger partial charge in [-0.1, -0.05) is 71.1 Å². The molecule has 0 aromatic heterocycles. The van der Waals surface area contributed by atoms with Crippen molar-refractivity contribution < 1.29 is 10.2 Å². The highest BCUT2D eigenvalue weighted by atomic mass is 16.3. The normalized spacial score (nSPS) is 39.8. The predicted molar refractivity (Wildman–Crippen MR) is 127 cm³/mol. The standard InChI is InChI=1S/C28H44O2/c1-18(2)19(3)9-10-20(4)25-13-14-26-22(8-7-15-28(25,26)6)11-12-23-16-24(29)17-27(30)21(23)5/h9-12,18-20,24-27,29-30H,5,7-8,13-17H2,1-4,6H3/b10-9?,22-11+,23-12+/t19-,20+,24+,25+,26-,27-,28+/m0/s1.